The fraction of sp³-hybridized carbons (Fsp3) is 0.348. The molecule has 5 rings (SSSR count). The zero-order valence-electron chi connectivity index (χ0n) is 17.8. The minimum atomic E-state index is -0.982. The van der Waals surface area contributed by atoms with Crippen LogP contribution in [-0.2, 0) is 12.0 Å². The first-order valence-electron chi connectivity index (χ1n) is 10.3. The summed E-state index contributed by atoms with van der Waals surface area (Å²) in [5.74, 6) is 1.92. The molecule has 0 amide bonds. The Kier molecular flexibility index (Phi) is 5.16. The quantitative estimate of drug-likeness (QED) is 0.440. The number of nitrogens with zero attached hydrogens (tertiary/aromatic N) is 5. The maximum atomic E-state index is 14.9. The van der Waals surface area contributed by atoms with Crippen LogP contribution >= 0.6 is 11.8 Å². The van der Waals surface area contributed by atoms with Crippen molar-refractivity contribution in [2.24, 2.45) is 16.6 Å². The molecule has 0 radical (unpaired) electrons. The third-order valence-corrected chi connectivity index (χ3v) is 7.48. The first-order valence-corrected chi connectivity index (χ1v) is 11.1. The van der Waals surface area contributed by atoms with E-state index in [1.807, 2.05) is 0 Å². The minimum Gasteiger partial charge on any atom is -0.463 e. The minimum absolute atomic E-state index is 0.0944. The highest BCUT2D eigenvalue weighted by atomic mass is 32.2. The number of fused-ring (bicyclic) bond motifs is 2. The number of hydrogen-bond donors (Lipinski definition) is 1. The lowest BCUT2D eigenvalue weighted by atomic mass is 9.86. The Labute approximate surface area is 193 Å². The Morgan fingerprint density at radius 2 is 2.18 bits per heavy atom. The Bertz CT molecular complexity index is 1330. The normalized spacial score (nSPS) is 25.8. The number of pyridine rings is 2. The number of thioether (sulfide) groups is 1. The molecule has 0 saturated heterocycles. The van der Waals surface area contributed by atoms with Crippen molar-refractivity contribution in [3.8, 4) is 18.2 Å². The Morgan fingerprint density at radius 3 is 2.97 bits per heavy atom. The molecule has 0 unspecified atom stereocenters. The molecule has 0 bridgehead atoms. The van der Waals surface area contributed by atoms with Gasteiger partial charge in [0, 0.05) is 30.3 Å². The number of ether oxygens (including phenoxy) is 1. The highest BCUT2D eigenvalue weighted by Gasteiger charge is 2.66. The molecule has 1 saturated carbocycles. The van der Waals surface area contributed by atoms with Gasteiger partial charge in [-0.25, -0.2) is 19.3 Å². The molecule has 1 fully saturated rings. The predicted octanol–water partition coefficient (Wildman–Crippen LogP) is 3.17. The summed E-state index contributed by atoms with van der Waals surface area (Å²) >= 11 is 1.24. The van der Waals surface area contributed by atoms with Crippen molar-refractivity contribution < 1.29 is 13.5 Å². The summed E-state index contributed by atoms with van der Waals surface area (Å²) in [6, 6.07) is 3.44. The number of alkyl halides is 1. The van der Waals surface area contributed by atoms with Crippen LogP contribution in [0.15, 0.2) is 35.7 Å². The Hall–Kier alpha value is -3.32. The SMILES string of the molecule is C#CCOc1cnc2c(Cc3cnc(F)c([C@@]4(C)N=C(N)S[C@@]5(CF)C[C@H]54)c3)nccc2n1. The number of terminal acetylenes is 1. The lowest BCUT2D eigenvalue weighted by Gasteiger charge is -2.33. The van der Waals surface area contributed by atoms with Gasteiger partial charge in [-0.15, -0.1) is 6.42 Å². The van der Waals surface area contributed by atoms with Crippen molar-refractivity contribution in [1.82, 2.24) is 19.9 Å². The average Bonchev–Trinajstić information content (AvgIpc) is 3.55. The number of aromatic nitrogens is 4. The molecular weight excluding hydrogens is 446 g/mol. The summed E-state index contributed by atoms with van der Waals surface area (Å²) in [5, 5.41) is 0.266. The van der Waals surface area contributed by atoms with Crippen LogP contribution in [0.25, 0.3) is 11.0 Å². The van der Waals surface area contributed by atoms with E-state index in [-0.39, 0.29) is 17.7 Å². The molecule has 2 N–H and O–H groups in total. The van der Waals surface area contributed by atoms with E-state index in [0.717, 1.165) is 5.56 Å². The summed E-state index contributed by atoms with van der Waals surface area (Å²) < 4.78 is 33.4. The second-order valence-corrected chi connectivity index (χ2v) is 9.78. The summed E-state index contributed by atoms with van der Waals surface area (Å²) in [6.07, 6.45) is 10.7. The number of halogens is 2. The number of aliphatic imine (C=N–C) groups is 1. The second-order valence-electron chi connectivity index (χ2n) is 8.34. The fourth-order valence-corrected chi connectivity index (χ4v) is 5.83. The van der Waals surface area contributed by atoms with Gasteiger partial charge in [-0.1, -0.05) is 17.7 Å². The molecule has 33 heavy (non-hydrogen) atoms. The van der Waals surface area contributed by atoms with Crippen LogP contribution < -0.4 is 10.5 Å². The average molecular weight is 467 g/mol. The summed E-state index contributed by atoms with van der Waals surface area (Å²) in [4.78, 5) is 21.8. The molecule has 4 heterocycles. The van der Waals surface area contributed by atoms with Crippen molar-refractivity contribution in [3.05, 3.63) is 53.5 Å². The van der Waals surface area contributed by atoms with E-state index >= 15 is 0 Å². The van der Waals surface area contributed by atoms with E-state index in [2.05, 4.69) is 30.8 Å². The number of nitrogens with two attached hydrogens (primary N) is 1. The van der Waals surface area contributed by atoms with Crippen molar-refractivity contribution in [1.29, 1.82) is 0 Å². The van der Waals surface area contributed by atoms with E-state index in [0.29, 0.717) is 41.0 Å². The number of amidine groups is 1. The molecule has 3 atom stereocenters. The molecule has 10 heteroatoms. The number of hydrogen-bond acceptors (Lipinski definition) is 8. The maximum Gasteiger partial charge on any atom is 0.233 e. The van der Waals surface area contributed by atoms with E-state index in [1.54, 1.807) is 25.3 Å². The zero-order valence-corrected chi connectivity index (χ0v) is 18.6. The molecule has 3 aromatic rings. The van der Waals surface area contributed by atoms with Gasteiger partial charge < -0.3 is 10.5 Å². The first kappa shape index (κ1) is 21.5. The van der Waals surface area contributed by atoms with Crippen molar-refractivity contribution >= 4 is 28.0 Å². The van der Waals surface area contributed by atoms with Gasteiger partial charge in [0.05, 0.1) is 27.7 Å². The molecule has 2 aliphatic rings. The third-order valence-electron chi connectivity index (χ3n) is 6.21. The highest BCUT2D eigenvalue weighted by molar-refractivity contribution is 8.15. The fourth-order valence-electron chi connectivity index (χ4n) is 4.51. The summed E-state index contributed by atoms with van der Waals surface area (Å²) in [6.45, 7) is 1.36. The van der Waals surface area contributed by atoms with Gasteiger partial charge in [-0.2, -0.15) is 4.39 Å². The van der Waals surface area contributed by atoms with Crippen LogP contribution in [0.4, 0.5) is 8.78 Å². The van der Waals surface area contributed by atoms with Gasteiger partial charge in [0.25, 0.3) is 0 Å². The Morgan fingerprint density at radius 1 is 1.33 bits per heavy atom. The molecule has 1 aliphatic heterocycles. The molecular formula is C23H20F2N6OS. The zero-order chi connectivity index (χ0) is 23.2. The standard InChI is InChI=1S/C23H20F2N6OS/c1-3-6-32-18-11-28-19-15(30-18)4-5-27-16(19)8-13-7-14(20(25)29-10-13)22(2)17-9-23(17,12-24)33-21(26)31-22/h1,4-5,7,10-11,17H,6,8-9,12H2,2H3,(H2,26,31)/t17-,22+,23+/m0/s1. The van der Waals surface area contributed by atoms with E-state index in [9.17, 15) is 8.78 Å². The van der Waals surface area contributed by atoms with Crippen LogP contribution in [0.3, 0.4) is 0 Å². The highest BCUT2D eigenvalue weighted by Crippen LogP contribution is 2.65. The molecule has 0 aromatic carbocycles. The van der Waals surface area contributed by atoms with Crippen LogP contribution in [-0.4, -0.2) is 43.1 Å². The summed E-state index contributed by atoms with van der Waals surface area (Å²) in [7, 11) is 0. The maximum absolute atomic E-state index is 14.9. The molecule has 1 aliphatic carbocycles. The number of rotatable bonds is 6. The second kappa shape index (κ2) is 7.92. The van der Waals surface area contributed by atoms with Crippen molar-refractivity contribution in [2.75, 3.05) is 13.3 Å². The van der Waals surface area contributed by atoms with Gasteiger partial charge in [-0.3, -0.25) is 9.98 Å². The lowest BCUT2D eigenvalue weighted by Crippen LogP contribution is -2.37. The predicted molar refractivity (Wildman–Crippen MR) is 122 cm³/mol. The Balaban J connectivity index is 1.49. The summed E-state index contributed by atoms with van der Waals surface area (Å²) in [5.41, 5.74) is 7.89. The van der Waals surface area contributed by atoms with Crippen LogP contribution in [0, 0.1) is 24.2 Å². The van der Waals surface area contributed by atoms with Gasteiger partial charge >= 0.3 is 0 Å². The van der Waals surface area contributed by atoms with Crippen molar-refractivity contribution in [3.63, 3.8) is 0 Å². The van der Waals surface area contributed by atoms with E-state index in [4.69, 9.17) is 16.9 Å². The van der Waals surface area contributed by atoms with E-state index in [1.165, 1.54) is 24.2 Å². The van der Waals surface area contributed by atoms with Crippen LogP contribution in [0.1, 0.15) is 30.2 Å². The monoisotopic (exact) mass is 466 g/mol. The van der Waals surface area contributed by atoms with Gasteiger partial charge in [0.1, 0.15) is 12.2 Å². The van der Waals surface area contributed by atoms with Crippen molar-refractivity contribution in [2.45, 2.75) is 30.1 Å². The van der Waals surface area contributed by atoms with Crippen LogP contribution in [0.5, 0.6) is 5.88 Å². The van der Waals surface area contributed by atoms with E-state index < -0.39 is 22.9 Å². The van der Waals surface area contributed by atoms with Gasteiger partial charge in [0.2, 0.25) is 11.8 Å². The lowest BCUT2D eigenvalue weighted by molar-refractivity contribution is 0.355. The molecule has 168 valence electrons. The molecule has 0 spiro atoms. The molecule has 7 nitrogen and oxygen atoms in total. The first-order chi connectivity index (χ1) is 15.9. The van der Waals surface area contributed by atoms with Gasteiger partial charge in [-0.05, 0) is 31.0 Å². The van der Waals surface area contributed by atoms with Gasteiger partial charge in [0.15, 0.2) is 11.8 Å². The third kappa shape index (κ3) is 3.66. The smallest absolute Gasteiger partial charge is 0.233 e. The van der Waals surface area contributed by atoms with Crippen LogP contribution in [0.2, 0.25) is 0 Å². The molecule has 3 aromatic heterocycles. The largest absolute Gasteiger partial charge is 0.463 e. The topological polar surface area (TPSA) is 99.2 Å².